The summed E-state index contributed by atoms with van der Waals surface area (Å²) in [7, 11) is 0. The highest BCUT2D eigenvalue weighted by Crippen LogP contribution is 2.42. The Morgan fingerprint density at radius 3 is 2.27 bits per heavy atom. The molecule has 4 aromatic rings. The van der Waals surface area contributed by atoms with Gasteiger partial charge in [-0.1, -0.05) is 72.8 Å². The topological polar surface area (TPSA) is 52.3 Å². The van der Waals surface area contributed by atoms with Crippen molar-refractivity contribution in [1.29, 1.82) is 0 Å². The predicted molar refractivity (Wildman–Crippen MR) is 105 cm³/mol. The van der Waals surface area contributed by atoms with Crippen molar-refractivity contribution in [3.8, 4) is 0 Å². The van der Waals surface area contributed by atoms with Crippen molar-refractivity contribution in [2.45, 2.75) is 12.0 Å². The fourth-order valence-electron chi connectivity index (χ4n) is 4.21. The maximum absolute atomic E-state index is 11.7. The van der Waals surface area contributed by atoms with Gasteiger partial charge in [-0.05, 0) is 38.4 Å². The Labute approximate surface area is 150 Å². The Morgan fingerprint density at radius 2 is 1.58 bits per heavy atom. The first-order chi connectivity index (χ1) is 12.7. The number of amides is 1. The fraction of sp³-hybridized carbons (Fsp3) is 0.0870. The average molecular weight is 339 g/mol. The van der Waals surface area contributed by atoms with Crippen LogP contribution in [0.4, 0.5) is 4.79 Å². The molecule has 1 amide bonds. The molecule has 0 radical (unpaired) electrons. The van der Waals surface area contributed by atoms with Crippen LogP contribution < -0.4 is 5.73 Å². The number of primary amides is 1. The lowest BCUT2D eigenvalue weighted by Crippen LogP contribution is -2.33. The minimum absolute atomic E-state index is 0.566. The van der Waals surface area contributed by atoms with E-state index in [1.807, 2.05) is 30.4 Å². The molecule has 1 atom stereocenters. The summed E-state index contributed by atoms with van der Waals surface area (Å²) in [4.78, 5) is 11.7. The van der Waals surface area contributed by atoms with E-state index in [9.17, 15) is 4.79 Å². The molecule has 1 unspecified atom stereocenters. The first-order valence-electron chi connectivity index (χ1n) is 8.68. The molecule has 3 nitrogen and oxygen atoms in total. The number of hydrogen-bond acceptors (Lipinski definition) is 2. The fourth-order valence-corrected chi connectivity index (χ4v) is 4.21. The smallest absolute Gasteiger partial charge is 0.405 e. The van der Waals surface area contributed by atoms with Crippen LogP contribution in [0.5, 0.6) is 0 Å². The monoisotopic (exact) mass is 339 g/mol. The van der Waals surface area contributed by atoms with Gasteiger partial charge in [-0.3, -0.25) is 0 Å². The van der Waals surface area contributed by atoms with Gasteiger partial charge < -0.3 is 10.5 Å². The Morgan fingerprint density at radius 1 is 0.885 bits per heavy atom. The SMILES string of the molecule is NC(=O)OC1(c2ccc3ccc4cccc5ccc2c3c45)C=CC=CC1. The van der Waals surface area contributed by atoms with Gasteiger partial charge in [0, 0.05) is 12.0 Å². The van der Waals surface area contributed by atoms with E-state index in [0.717, 1.165) is 10.9 Å². The molecule has 5 rings (SSSR count). The third kappa shape index (κ3) is 2.04. The summed E-state index contributed by atoms with van der Waals surface area (Å²) in [6, 6.07) is 19.0. The molecule has 0 aromatic heterocycles. The molecule has 2 N–H and O–H groups in total. The van der Waals surface area contributed by atoms with Crippen LogP contribution in [0.25, 0.3) is 32.3 Å². The van der Waals surface area contributed by atoms with Gasteiger partial charge in [0.15, 0.2) is 5.60 Å². The van der Waals surface area contributed by atoms with Crippen LogP contribution in [-0.2, 0) is 10.3 Å². The number of allylic oxidation sites excluding steroid dienone is 2. The maximum Gasteiger partial charge on any atom is 0.405 e. The van der Waals surface area contributed by atoms with Crippen molar-refractivity contribution < 1.29 is 9.53 Å². The number of hydrogen-bond donors (Lipinski definition) is 1. The van der Waals surface area contributed by atoms with E-state index in [4.69, 9.17) is 10.5 Å². The van der Waals surface area contributed by atoms with E-state index >= 15 is 0 Å². The zero-order valence-corrected chi connectivity index (χ0v) is 14.1. The molecule has 0 saturated carbocycles. The maximum atomic E-state index is 11.7. The van der Waals surface area contributed by atoms with Crippen LogP contribution in [0.1, 0.15) is 12.0 Å². The van der Waals surface area contributed by atoms with E-state index in [2.05, 4.69) is 48.5 Å². The summed E-state index contributed by atoms with van der Waals surface area (Å²) in [5, 5.41) is 7.14. The highest BCUT2D eigenvalue weighted by Gasteiger charge is 2.35. The van der Waals surface area contributed by atoms with Gasteiger partial charge in [0.05, 0.1) is 0 Å². The summed E-state index contributed by atoms with van der Waals surface area (Å²) >= 11 is 0. The second-order valence-corrected chi connectivity index (χ2v) is 6.77. The highest BCUT2D eigenvalue weighted by atomic mass is 16.6. The van der Waals surface area contributed by atoms with Crippen molar-refractivity contribution in [1.82, 2.24) is 0 Å². The largest absolute Gasteiger partial charge is 0.434 e. The van der Waals surface area contributed by atoms with E-state index < -0.39 is 11.7 Å². The number of nitrogens with two attached hydrogens (primary N) is 1. The van der Waals surface area contributed by atoms with Crippen molar-refractivity contribution in [2.75, 3.05) is 0 Å². The van der Waals surface area contributed by atoms with Crippen LogP contribution in [0.15, 0.2) is 78.9 Å². The normalized spacial score (nSPS) is 19.5. The molecule has 0 bridgehead atoms. The standard InChI is InChI=1S/C23H17NO2/c24-22(25)26-23(13-2-1-3-14-23)19-12-10-17-8-7-15-5-4-6-16-9-11-18(19)21(17)20(15)16/h1-13H,14H2,(H2,24,25). The number of carbonyl (C=O) groups excluding carboxylic acids is 1. The van der Waals surface area contributed by atoms with Gasteiger partial charge in [-0.15, -0.1) is 0 Å². The molecule has 1 aliphatic carbocycles. The van der Waals surface area contributed by atoms with Crippen LogP contribution in [0.3, 0.4) is 0 Å². The quantitative estimate of drug-likeness (QED) is 0.498. The molecule has 126 valence electrons. The first kappa shape index (κ1) is 15.0. The third-order valence-corrected chi connectivity index (χ3v) is 5.30. The van der Waals surface area contributed by atoms with Crippen LogP contribution in [0, 0.1) is 0 Å². The second kappa shape index (κ2) is 5.33. The lowest BCUT2D eigenvalue weighted by atomic mass is 9.82. The molecular weight excluding hydrogens is 322 g/mol. The molecule has 26 heavy (non-hydrogen) atoms. The third-order valence-electron chi connectivity index (χ3n) is 5.30. The Bertz CT molecular complexity index is 1210. The summed E-state index contributed by atoms with van der Waals surface area (Å²) < 4.78 is 5.66. The van der Waals surface area contributed by atoms with Crippen molar-refractivity contribution in [3.63, 3.8) is 0 Å². The van der Waals surface area contributed by atoms with Gasteiger partial charge in [-0.25, -0.2) is 4.79 Å². The molecule has 0 aliphatic heterocycles. The van der Waals surface area contributed by atoms with Gasteiger partial charge in [0.1, 0.15) is 0 Å². The van der Waals surface area contributed by atoms with Crippen molar-refractivity contribution in [2.24, 2.45) is 5.73 Å². The van der Waals surface area contributed by atoms with Gasteiger partial charge in [0.2, 0.25) is 0 Å². The number of ether oxygens (including phenoxy) is 1. The van der Waals surface area contributed by atoms with Gasteiger partial charge >= 0.3 is 6.09 Å². The predicted octanol–water partition coefficient (Wildman–Crippen LogP) is 5.39. The Hall–Kier alpha value is -3.33. The molecule has 3 heteroatoms. The Balaban J connectivity index is 1.90. The van der Waals surface area contributed by atoms with E-state index in [1.54, 1.807) is 0 Å². The molecule has 0 saturated heterocycles. The van der Waals surface area contributed by atoms with Gasteiger partial charge in [0.25, 0.3) is 0 Å². The lowest BCUT2D eigenvalue weighted by molar-refractivity contribution is 0.0537. The Kier molecular flexibility index (Phi) is 3.07. The zero-order chi connectivity index (χ0) is 17.7. The highest BCUT2D eigenvalue weighted by molar-refractivity contribution is 6.23. The van der Waals surface area contributed by atoms with Crippen molar-refractivity contribution in [3.05, 3.63) is 84.5 Å². The average Bonchev–Trinajstić information content (AvgIpc) is 2.66. The zero-order valence-electron chi connectivity index (χ0n) is 14.1. The molecule has 4 aromatic carbocycles. The van der Waals surface area contributed by atoms with Crippen LogP contribution >= 0.6 is 0 Å². The summed E-state index contributed by atoms with van der Waals surface area (Å²) in [6.45, 7) is 0. The lowest BCUT2D eigenvalue weighted by Gasteiger charge is -2.32. The van der Waals surface area contributed by atoms with Crippen LogP contribution in [-0.4, -0.2) is 6.09 Å². The minimum Gasteiger partial charge on any atom is -0.434 e. The van der Waals surface area contributed by atoms with Crippen LogP contribution in [0.2, 0.25) is 0 Å². The van der Waals surface area contributed by atoms with E-state index in [-0.39, 0.29) is 0 Å². The summed E-state index contributed by atoms with van der Waals surface area (Å²) in [5.41, 5.74) is 5.50. The number of rotatable bonds is 2. The summed E-state index contributed by atoms with van der Waals surface area (Å²) in [6.07, 6.45) is 7.58. The first-order valence-corrected chi connectivity index (χ1v) is 8.68. The summed E-state index contributed by atoms with van der Waals surface area (Å²) in [5.74, 6) is 0. The molecular formula is C23H17NO2. The molecule has 0 fully saturated rings. The molecule has 1 aliphatic rings. The number of carbonyl (C=O) groups is 1. The van der Waals surface area contributed by atoms with Crippen molar-refractivity contribution >= 4 is 38.4 Å². The molecule has 0 spiro atoms. The van der Waals surface area contributed by atoms with Gasteiger partial charge in [-0.2, -0.15) is 0 Å². The number of benzene rings is 4. The minimum atomic E-state index is -0.872. The second-order valence-electron chi connectivity index (χ2n) is 6.77. The molecule has 0 heterocycles. The van der Waals surface area contributed by atoms with E-state index in [0.29, 0.717) is 6.42 Å². The van der Waals surface area contributed by atoms with E-state index in [1.165, 1.54) is 26.9 Å².